The van der Waals surface area contributed by atoms with E-state index < -0.39 is 12.9 Å². The van der Waals surface area contributed by atoms with E-state index in [0.717, 1.165) is 18.5 Å². The molecule has 1 fully saturated rings. The lowest BCUT2D eigenvalue weighted by Crippen LogP contribution is -2.24. The number of carbonyl (C=O) groups excluding carboxylic acids is 2. The zero-order valence-corrected chi connectivity index (χ0v) is 19.4. The Hall–Kier alpha value is -4.41. The number of fused-ring (bicyclic) bond motifs is 1. The second-order valence-corrected chi connectivity index (χ2v) is 8.60. The number of nitrogens with one attached hydrogen (secondary N) is 3. The third-order valence-corrected chi connectivity index (χ3v) is 6.14. The molecule has 1 aliphatic rings. The molecule has 0 bridgehead atoms. The quantitative estimate of drug-likeness (QED) is 0.391. The average Bonchev–Trinajstić information content (AvgIpc) is 3.56. The number of pyridine rings is 2. The largest absolute Gasteiger partial charge is 0.355 e. The summed E-state index contributed by atoms with van der Waals surface area (Å²) in [5.74, 6) is -1.03. The summed E-state index contributed by atoms with van der Waals surface area (Å²) in [7, 11) is 3.56. The van der Waals surface area contributed by atoms with Crippen molar-refractivity contribution in [3.05, 3.63) is 58.4 Å². The van der Waals surface area contributed by atoms with E-state index >= 15 is 0 Å². The van der Waals surface area contributed by atoms with Crippen molar-refractivity contribution in [3.63, 3.8) is 0 Å². The van der Waals surface area contributed by atoms with Crippen molar-refractivity contribution in [1.82, 2.24) is 29.2 Å². The first-order chi connectivity index (χ1) is 17.9. The van der Waals surface area contributed by atoms with Gasteiger partial charge in [-0.3, -0.25) is 23.6 Å². The first-order valence-corrected chi connectivity index (χ1v) is 11.0. The van der Waals surface area contributed by atoms with Gasteiger partial charge in [-0.25, -0.2) is 4.98 Å². The molecule has 0 radical (unpaired) electrons. The van der Waals surface area contributed by atoms with Crippen LogP contribution in [-0.2, 0) is 18.9 Å². The van der Waals surface area contributed by atoms with Crippen LogP contribution < -0.4 is 21.5 Å². The third-order valence-electron chi connectivity index (χ3n) is 6.14. The van der Waals surface area contributed by atoms with Gasteiger partial charge < -0.3 is 20.5 Å². The fraction of sp³-hybridized carbons (Fsp3) is 0.292. The number of carbonyl (C=O) groups is 2. The van der Waals surface area contributed by atoms with Crippen LogP contribution in [0.4, 0.5) is 17.2 Å². The molecule has 11 heteroatoms. The van der Waals surface area contributed by atoms with E-state index in [-0.39, 0.29) is 34.5 Å². The number of hydrogen-bond donors (Lipinski definition) is 3. The maximum Gasteiger partial charge on any atom is 0.267 e. The van der Waals surface area contributed by atoms with E-state index in [1.54, 1.807) is 47.9 Å². The maximum absolute atomic E-state index is 13.6. The van der Waals surface area contributed by atoms with Gasteiger partial charge in [0.2, 0.25) is 5.91 Å². The van der Waals surface area contributed by atoms with E-state index in [1.807, 2.05) is 12.2 Å². The van der Waals surface area contributed by atoms with Gasteiger partial charge in [-0.15, -0.1) is 0 Å². The van der Waals surface area contributed by atoms with Crippen molar-refractivity contribution >= 4 is 39.9 Å². The van der Waals surface area contributed by atoms with E-state index in [0.29, 0.717) is 22.4 Å². The highest BCUT2D eigenvalue weighted by Crippen LogP contribution is 2.33. The van der Waals surface area contributed by atoms with Crippen LogP contribution in [0.3, 0.4) is 0 Å². The summed E-state index contributed by atoms with van der Waals surface area (Å²) in [6.45, 7) is -0.888. The third kappa shape index (κ3) is 3.94. The Kier molecular flexibility index (Phi) is 4.56. The Morgan fingerprint density at radius 2 is 2.00 bits per heavy atom. The van der Waals surface area contributed by atoms with Gasteiger partial charge in [0.1, 0.15) is 11.4 Å². The predicted molar refractivity (Wildman–Crippen MR) is 132 cm³/mol. The van der Waals surface area contributed by atoms with Crippen LogP contribution in [0.25, 0.3) is 16.7 Å². The fourth-order valence-electron chi connectivity index (χ4n) is 4.00. The summed E-state index contributed by atoms with van der Waals surface area (Å²) in [5, 5.41) is 12.4. The predicted octanol–water partition coefficient (Wildman–Crippen LogP) is 2.22. The van der Waals surface area contributed by atoms with Crippen LogP contribution in [0, 0.1) is 12.8 Å². The van der Waals surface area contributed by atoms with E-state index in [2.05, 4.69) is 20.7 Å². The standard InChI is InChI=1S/C24H26N8O3/c1-13-11-18(29-31(13)4)32-10-8-17-19(24(32)35)16(12-30(17)3)27-15-7-9-26-21(20(15)23(34)25-2)28-22(33)14-5-6-14/h7-12,14H,5-6H2,1-4H3,(H,25,34)(H2,26,27,28,33)/i2D3. The maximum atomic E-state index is 13.6. The Morgan fingerprint density at radius 1 is 1.20 bits per heavy atom. The van der Waals surface area contributed by atoms with Gasteiger partial charge in [0.15, 0.2) is 5.82 Å². The molecule has 11 nitrogen and oxygen atoms in total. The number of nitrogens with zero attached hydrogens (tertiary/aromatic N) is 5. The molecule has 0 aromatic carbocycles. The summed E-state index contributed by atoms with van der Waals surface area (Å²) in [6, 6.07) is 5.05. The molecule has 1 saturated carbocycles. The number of aryl methyl sites for hydroxylation is 3. The van der Waals surface area contributed by atoms with Gasteiger partial charge in [-0.05, 0) is 31.9 Å². The van der Waals surface area contributed by atoms with Gasteiger partial charge in [0, 0.05) is 61.5 Å². The van der Waals surface area contributed by atoms with Gasteiger partial charge in [0.05, 0.1) is 22.3 Å². The molecule has 0 spiro atoms. The number of anilines is 3. The molecule has 2 amide bonds. The monoisotopic (exact) mass is 477 g/mol. The van der Waals surface area contributed by atoms with E-state index in [1.165, 1.54) is 16.8 Å². The molecule has 0 unspecified atom stereocenters. The van der Waals surface area contributed by atoms with Crippen molar-refractivity contribution in [3.8, 4) is 5.82 Å². The Labute approximate surface area is 205 Å². The highest BCUT2D eigenvalue weighted by Gasteiger charge is 2.31. The second-order valence-electron chi connectivity index (χ2n) is 8.60. The lowest BCUT2D eigenvalue weighted by Gasteiger charge is -2.15. The number of hydrogen-bond acceptors (Lipinski definition) is 6. The first-order valence-electron chi connectivity index (χ1n) is 12.5. The molecule has 1 aliphatic carbocycles. The Morgan fingerprint density at radius 3 is 2.69 bits per heavy atom. The fourth-order valence-corrected chi connectivity index (χ4v) is 4.00. The number of aromatic nitrogens is 5. The van der Waals surface area contributed by atoms with E-state index in [9.17, 15) is 14.4 Å². The number of rotatable bonds is 6. The molecule has 0 atom stereocenters. The molecule has 5 rings (SSSR count). The molecule has 4 aromatic rings. The van der Waals surface area contributed by atoms with Gasteiger partial charge in [0.25, 0.3) is 11.5 Å². The van der Waals surface area contributed by atoms with Crippen molar-refractivity contribution in [2.45, 2.75) is 19.8 Å². The van der Waals surface area contributed by atoms with Gasteiger partial charge >= 0.3 is 0 Å². The zero-order valence-electron chi connectivity index (χ0n) is 22.4. The molecule has 4 heterocycles. The summed E-state index contributed by atoms with van der Waals surface area (Å²) >= 11 is 0. The van der Waals surface area contributed by atoms with Gasteiger partial charge in [-0.2, -0.15) is 5.10 Å². The zero-order chi connectivity index (χ0) is 27.4. The van der Waals surface area contributed by atoms with Crippen molar-refractivity contribution < 1.29 is 13.7 Å². The lowest BCUT2D eigenvalue weighted by molar-refractivity contribution is -0.117. The minimum Gasteiger partial charge on any atom is -0.355 e. The van der Waals surface area contributed by atoms with Crippen LogP contribution in [0.5, 0.6) is 0 Å². The van der Waals surface area contributed by atoms with E-state index in [4.69, 9.17) is 4.11 Å². The smallest absolute Gasteiger partial charge is 0.267 e. The van der Waals surface area contributed by atoms with Crippen LogP contribution in [0.1, 0.15) is 33.0 Å². The first kappa shape index (κ1) is 19.0. The molecule has 3 N–H and O–H groups in total. The van der Waals surface area contributed by atoms with Crippen molar-refractivity contribution in [2.75, 3.05) is 17.6 Å². The van der Waals surface area contributed by atoms with Crippen molar-refractivity contribution in [1.29, 1.82) is 0 Å². The second kappa shape index (κ2) is 8.42. The molecule has 0 aliphatic heterocycles. The van der Waals surface area contributed by atoms with Crippen LogP contribution in [0.15, 0.2) is 41.6 Å². The lowest BCUT2D eigenvalue weighted by atomic mass is 10.1. The van der Waals surface area contributed by atoms with Crippen LogP contribution >= 0.6 is 0 Å². The summed E-state index contributed by atoms with van der Waals surface area (Å²) in [6.07, 6.45) is 6.19. The molecule has 0 saturated heterocycles. The molecule has 4 aromatic heterocycles. The number of amides is 2. The minimum absolute atomic E-state index is 0.0738. The van der Waals surface area contributed by atoms with Crippen LogP contribution in [0.2, 0.25) is 0 Å². The molecular formula is C24H26N8O3. The highest BCUT2D eigenvalue weighted by molar-refractivity contribution is 6.08. The summed E-state index contributed by atoms with van der Waals surface area (Å²) in [4.78, 5) is 43.3. The van der Waals surface area contributed by atoms with Crippen molar-refractivity contribution in [2.24, 2.45) is 20.0 Å². The summed E-state index contributed by atoms with van der Waals surface area (Å²) in [5.41, 5.74) is 1.55. The van der Waals surface area contributed by atoms with Gasteiger partial charge in [-0.1, -0.05) is 0 Å². The molecular weight excluding hydrogens is 448 g/mol. The molecule has 180 valence electrons. The topological polar surface area (TPSA) is 128 Å². The Balaban J connectivity index is 1.61. The molecule has 35 heavy (non-hydrogen) atoms. The Bertz CT molecular complexity index is 1630. The SMILES string of the molecule is [2H]C([2H])([2H])NC(=O)c1c(Nc2cn(C)c3ccn(-c4cc(C)n(C)n4)c(=O)c23)ccnc1NC(=O)C1CC1. The minimum atomic E-state index is -2.77. The normalized spacial score (nSPS) is 14.8. The van der Waals surface area contributed by atoms with Crippen LogP contribution in [-0.4, -0.2) is 42.7 Å². The highest BCUT2D eigenvalue weighted by atomic mass is 16.2. The summed E-state index contributed by atoms with van der Waals surface area (Å²) < 4.78 is 27.3. The average molecular weight is 478 g/mol.